The van der Waals surface area contributed by atoms with Crippen molar-refractivity contribution in [1.29, 1.82) is 0 Å². The molecular weight excluding hydrogens is 489 g/mol. The second-order valence-electron chi connectivity index (χ2n) is 9.13. The molecule has 2 aromatic carbocycles. The topological polar surface area (TPSA) is 65.5 Å². The number of rotatable bonds is 5. The molecule has 2 fully saturated rings. The van der Waals surface area contributed by atoms with Gasteiger partial charge in [-0.2, -0.15) is 13.2 Å². The SMILES string of the molecule is Cc1cc(-c2cccc(C(F)(F)F)c2)ccc1C(=O)N1CC(N2CCNCC2C(=O)c2nccs2)C1. The molecule has 6 nitrogen and oxygen atoms in total. The normalized spacial score (nSPS) is 19.2. The Balaban J connectivity index is 1.26. The molecule has 3 aromatic rings. The number of hydrogen-bond donors (Lipinski definition) is 1. The Morgan fingerprint density at radius 2 is 1.89 bits per heavy atom. The number of hydrogen-bond acceptors (Lipinski definition) is 6. The van der Waals surface area contributed by atoms with E-state index in [2.05, 4.69) is 15.2 Å². The van der Waals surface area contributed by atoms with Crippen LogP contribution in [0.4, 0.5) is 13.2 Å². The summed E-state index contributed by atoms with van der Waals surface area (Å²) >= 11 is 1.33. The summed E-state index contributed by atoms with van der Waals surface area (Å²) < 4.78 is 39.3. The van der Waals surface area contributed by atoms with Crippen molar-refractivity contribution >= 4 is 23.0 Å². The van der Waals surface area contributed by atoms with Crippen LogP contribution in [0.2, 0.25) is 0 Å². The van der Waals surface area contributed by atoms with Crippen LogP contribution in [0, 0.1) is 6.92 Å². The summed E-state index contributed by atoms with van der Waals surface area (Å²) in [5.41, 5.74) is 1.60. The number of nitrogens with one attached hydrogen (secondary N) is 1. The minimum absolute atomic E-state index is 0.00278. The Bertz CT molecular complexity index is 1270. The Labute approximate surface area is 210 Å². The molecule has 36 heavy (non-hydrogen) atoms. The van der Waals surface area contributed by atoms with Crippen molar-refractivity contribution in [3.8, 4) is 11.1 Å². The molecule has 2 saturated heterocycles. The second-order valence-corrected chi connectivity index (χ2v) is 10.0. The van der Waals surface area contributed by atoms with Crippen LogP contribution in [0.5, 0.6) is 0 Å². The van der Waals surface area contributed by atoms with Gasteiger partial charge in [-0.15, -0.1) is 11.3 Å². The molecule has 0 spiro atoms. The first-order chi connectivity index (χ1) is 17.2. The molecule has 0 aliphatic carbocycles. The number of carbonyl (C=O) groups is 2. The molecule has 1 N–H and O–H groups in total. The quantitative estimate of drug-likeness (QED) is 0.519. The molecule has 1 atom stereocenters. The van der Waals surface area contributed by atoms with E-state index in [0.717, 1.165) is 25.2 Å². The number of piperazine rings is 1. The highest BCUT2D eigenvalue weighted by molar-refractivity contribution is 7.11. The molecule has 0 saturated carbocycles. The predicted octanol–water partition coefficient (Wildman–Crippen LogP) is 4.12. The van der Waals surface area contributed by atoms with Gasteiger partial charge in [0.05, 0.1) is 11.6 Å². The molecule has 0 bridgehead atoms. The maximum atomic E-state index is 13.2. The van der Waals surface area contributed by atoms with Gasteiger partial charge in [-0.25, -0.2) is 4.98 Å². The molecule has 3 heterocycles. The number of ketones is 1. The fourth-order valence-corrected chi connectivity index (χ4v) is 5.47. The van der Waals surface area contributed by atoms with Gasteiger partial charge in [-0.3, -0.25) is 14.5 Å². The van der Waals surface area contributed by atoms with E-state index in [1.165, 1.54) is 17.4 Å². The zero-order valence-corrected chi connectivity index (χ0v) is 20.4. The summed E-state index contributed by atoms with van der Waals surface area (Å²) in [4.78, 5) is 34.2. The fourth-order valence-electron chi connectivity index (χ4n) is 4.85. The maximum absolute atomic E-state index is 13.2. The van der Waals surface area contributed by atoms with Gasteiger partial charge in [0.25, 0.3) is 5.91 Å². The molecule has 10 heteroatoms. The van der Waals surface area contributed by atoms with E-state index in [9.17, 15) is 22.8 Å². The number of alkyl halides is 3. The second kappa shape index (κ2) is 9.76. The van der Waals surface area contributed by atoms with Crippen molar-refractivity contribution in [1.82, 2.24) is 20.1 Å². The molecule has 0 radical (unpaired) electrons. The number of benzene rings is 2. The number of halogens is 3. The molecule has 2 aliphatic heterocycles. The van der Waals surface area contributed by atoms with E-state index in [1.54, 1.807) is 47.7 Å². The van der Waals surface area contributed by atoms with Gasteiger partial charge < -0.3 is 10.2 Å². The lowest BCUT2D eigenvalue weighted by molar-refractivity contribution is -0.137. The summed E-state index contributed by atoms with van der Waals surface area (Å²) in [6, 6.07) is 10.1. The highest BCUT2D eigenvalue weighted by Crippen LogP contribution is 2.33. The lowest BCUT2D eigenvalue weighted by Crippen LogP contribution is -2.68. The molecular formula is C26H25F3N4O2S. The van der Waals surface area contributed by atoms with Gasteiger partial charge in [0.1, 0.15) is 0 Å². The first-order valence-electron chi connectivity index (χ1n) is 11.7. The summed E-state index contributed by atoms with van der Waals surface area (Å²) in [6.45, 7) is 4.89. The third-order valence-corrected chi connectivity index (χ3v) is 7.62. The zero-order valence-electron chi connectivity index (χ0n) is 19.6. The van der Waals surface area contributed by atoms with Crippen LogP contribution in [0.25, 0.3) is 11.1 Å². The van der Waals surface area contributed by atoms with Crippen molar-refractivity contribution in [3.63, 3.8) is 0 Å². The summed E-state index contributed by atoms with van der Waals surface area (Å²) in [6.07, 6.45) is -2.79. The van der Waals surface area contributed by atoms with Crippen LogP contribution < -0.4 is 5.32 Å². The van der Waals surface area contributed by atoms with Crippen LogP contribution in [-0.4, -0.2) is 71.3 Å². The summed E-state index contributed by atoms with van der Waals surface area (Å²) in [5.74, 6) is -0.111. The Hall–Kier alpha value is -3.08. The largest absolute Gasteiger partial charge is 0.416 e. The summed E-state index contributed by atoms with van der Waals surface area (Å²) in [5, 5.41) is 5.57. The van der Waals surface area contributed by atoms with E-state index < -0.39 is 11.7 Å². The number of aryl methyl sites for hydroxylation is 1. The van der Waals surface area contributed by atoms with E-state index in [1.807, 2.05) is 0 Å². The van der Waals surface area contributed by atoms with Crippen LogP contribution in [0.3, 0.4) is 0 Å². The van der Waals surface area contributed by atoms with Crippen molar-refractivity contribution in [2.24, 2.45) is 0 Å². The number of nitrogens with zero attached hydrogens (tertiary/aromatic N) is 3. The van der Waals surface area contributed by atoms with E-state index in [-0.39, 0.29) is 23.8 Å². The first-order valence-corrected chi connectivity index (χ1v) is 12.6. The van der Waals surface area contributed by atoms with Crippen molar-refractivity contribution < 1.29 is 22.8 Å². The van der Waals surface area contributed by atoms with Gasteiger partial charge in [-0.05, 0) is 41.8 Å². The van der Waals surface area contributed by atoms with E-state index in [0.29, 0.717) is 46.9 Å². The van der Waals surface area contributed by atoms with Gasteiger partial charge >= 0.3 is 6.18 Å². The van der Waals surface area contributed by atoms with Gasteiger partial charge in [0, 0.05) is 55.9 Å². The molecule has 2 aliphatic rings. The van der Waals surface area contributed by atoms with Crippen LogP contribution in [-0.2, 0) is 6.18 Å². The van der Waals surface area contributed by atoms with Crippen molar-refractivity contribution in [2.75, 3.05) is 32.7 Å². The van der Waals surface area contributed by atoms with Crippen molar-refractivity contribution in [3.05, 3.63) is 75.7 Å². The number of amides is 1. The van der Waals surface area contributed by atoms with Crippen molar-refractivity contribution in [2.45, 2.75) is 25.2 Å². The lowest BCUT2D eigenvalue weighted by atomic mass is 9.96. The maximum Gasteiger partial charge on any atom is 0.416 e. The molecule has 1 amide bonds. The first kappa shape index (κ1) is 24.6. The molecule has 5 rings (SSSR count). The minimum atomic E-state index is -4.41. The van der Waals surface area contributed by atoms with Crippen LogP contribution in [0.15, 0.2) is 54.0 Å². The predicted molar refractivity (Wildman–Crippen MR) is 131 cm³/mol. The minimum Gasteiger partial charge on any atom is -0.335 e. The smallest absolute Gasteiger partial charge is 0.335 e. The third kappa shape index (κ3) is 4.80. The standard InChI is InChI=1S/C26H25F3N4O2S/c1-16-11-18(17-3-2-4-19(12-17)26(27,28)29)5-6-21(16)25(35)32-14-20(15-32)33-9-7-30-13-22(33)23(34)24-31-8-10-36-24/h2-6,8,10-12,20,22,30H,7,9,13-15H2,1H3. The zero-order chi connectivity index (χ0) is 25.4. The lowest BCUT2D eigenvalue weighted by Gasteiger charge is -2.49. The molecule has 188 valence electrons. The molecule has 1 aromatic heterocycles. The van der Waals surface area contributed by atoms with Gasteiger partial charge in [0.2, 0.25) is 5.78 Å². The average Bonchev–Trinajstić information content (AvgIpc) is 3.37. The number of likely N-dealkylation sites (tertiary alicyclic amines) is 1. The molecule has 1 unspecified atom stereocenters. The van der Waals surface area contributed by atoms with Gasteiger partial charge in [-0.1, -0.05) is 24.3 Å². The Morgan fingerprint density at radius 1 is 1.11 bits per heavy atom. The fraction of sp³-hybridized carbons (Fsp3) is 0.346. The highest BCUT2D eigenvalue weighted by Gasteiger charge is 2.42. The highest BCUT2D eigenvalue weighted by atomic mass is 32.1. The van der Waals surface area contributed by atoms with Crippen LogP contribution in [0.1, 0.15) is 31.3 Å². The number of Topliss-reactive ketones (excluding diaryl/α,β-unsaturated/α-hetero) is 1. The van der Waals surface area contributed by atoms with E-state index >= 15 is 0 Å². The number of thiazole rings is 1. The number of aromatic nitrogens is 1. The van der Waals surface area contributed by atoms with Crippen LogP contribution >= 0.6 is 11.3 Å². The Kier molecular flexibility index (Phi) is 6.67. The average molecular weight is 515 g/mol. The van der Waals surface area contributed by atoms with E-state index in [4.69, 9.17) is 0 Å². The van der Waals surface area contributed by atoms with Gasteiger partial charge in [0.15, 0.2) is 5.01 Å². The monoisotopic (exact) mass is 514 g/mol. The number of carbonyl (C=O) groups excluding carboxylic acids is 2. The Morgan fingerprint density at radius 3 is 2.58 bits per heavy atom. The third-order valence-electron chi connectivity index (χ3n) is 6.83. The summed E-state index contributed by atoms with van der Waals surface area (Å²) in [7, 11) is 0.